The predicted octanol–water partition coefficient (Wildman–Crippen LogP) is 0.0473. The largest absolute Gasteiger partial charge is 1.00 e. The standard InChI is InChI=1S/C15H18NOS.BrH/c1-3-13-15(4-2)18-11-16(13)10-14(17)12-8-6-5-7-9-12;/h5-9,11H,3-4,10H2,1-2H3;1H/q+1;/p-1. The zero-order valence-corrected chi connectivity index (χ0v) is 13.6. The molecule has 1 heterocycles. The first-order valence-electron chi connectivity index (χ1n) is 6.33. The molecule has 1 aromatic heterocycles. The van der Waals surface area contributed by atoms with E-state index in [0.29, 0.717) is 6.54 Å². The number of benzene rings is 1. The molecule has 102 valence electrons. The molecule has 0 N–H and O–H groups in total. The molecule has 2 rings (SSSR count). The van der Waals surface area contributed by atoms with E-state index >= 15 is 0 Å². The summed E-state index contributed by atoms with van der Waals surface area (Å²) in [5.41, 5.74) is 4.15. The lowest BCUT2D eigenvalue weighted by Gasteiger charge is -1.99. The van der Waals surface area contributed by atoms with E-state index < -0.39 is 0 Å². The van der Waals surface area contributed by atoms with Crippen molar-refractivity contribution in [3.63, 3.8) is 0 Å². The van der Waals surface area contributed by atoms with Crippen LogP contribution in [0.4, 0.5) is 0 Å². The SMILES string of the molecule is CCc1sc[n+](CC(=O)c2ccccc2)c1CC.[Br-]. The molecule has 4 heteroatoms. The first-order valence-corrected chi connectivity index (χ1v) is 7.21. The fourth-order valence-corrected chi connectivity index (χ4v) is 3.13. The molecule has 0 saturated carbocycles. The molecule has 0 unspecified atom stereocenters. The fraction of sp³-hybridized carbons (Fsp3) is 0.333. The number of thiazole rings is 1. The van der Waals surface area contributed by atoms with E-state index in [4.69, 9.17) is 0 Å². The van der Waals surface area contributed by atoms with Crippen molar-refractivity contribution in [2.24, 2.45) is 0 Å². The molecule has 1 aromatic carbocycles. The third-order valence-corrected chi connectivity index (χ3v) is 4.23. The van der Waals surface area contributed by atoms with Gasteiger partial charge in [0.2, 0.25) is 17.8 Å². The summed E-state index contributed by atoms with van der Waals surface area (Å²) in [5, 5.41) is 0. The zero-order chi connectivity index (χ0) is 13.0. The summed E-state index contributed by atoms with van der Waals surface area (Å²) in [6.45, 7) is 4.75. The van der Waals surface area contributed by atoms with Crippen molar-refractivity contribution in [2.75, 3.05) is 0 Å². The highest BCUT2D eigenvalue weighted by molar-refractivity contribution is 7.09. The Bertz CT molecular complexity index is 536. The van der Waals surface area contributed by atoms with E-state index in [1.807, 2.05) is 30.3 Å². The lowest BCUT2D eigenvalue weighted by molar-refractivity contribution is -0.685. The van der Waals surface area contributed by atoms with Gasteiger partial charge in [-0.2, -0.15) is 4.57 Å². The molecule has 0 saturated heterocycles. The number of aromatic nitrogens is 1. The molecule has 0 aliphatic rings. The first-order chi connectivity index (χ1) is 8.76. The van der Waals surface area contributed by atoms with Gasteiger partial charge in [0.05, 0.1) is 4.88 Å². The van der Waals surface area contributed by atoms with Crippen LogP contribution in [0.25, 0.3) is 0 Å². The summed E-state index contributed by atoms with van der Waals surface area (Å²) >= 11 is 1.75. The van der Waals surface area contributed by atoms with Crippen molar-refractivity contribution in [1.82, 2.24) is 0 Å². The fourth-order valence-electron chi connectivity index (χ4n) is 2.11. The smallest absolute Gasteiger partial charge is 0.227 e. The number of carbonyl (C=O) groups excluding carboxylic acids is 1. The second kappa shape index (κ2) is 7.56. The van der Waals surface area contributed by atoms with Gasteiger partial charge >= 0.3 is 0 Å². The van der Waals surface area contributed by atoms with Crippen LogP contribution in [0.5, 0.6) is 0 Å². The topological polar surface area (TPSA) is 20.9 Å². The lowest BCUT2D eigenvalue weighted by atomic mass is 10.1. The molecule has 0 aliphatic heterocycles. The van der Waals surface area contributed by atoms with Gasteiger partial charge in [-0.25, -0.2) is 0 Å². The van der Waals surface area contributed by atoms with E-state index in [0.717, 1.165) is 18.4 Å². The first kappa shape index (κ1) is 16.1. The minimum Gasteiger partial charge on any atom is -1.00 e. The number of hydrogen-bond acceptors (Lipinski definition) is 2. The summed E-state index contributed by atoms with van der Waals surface area (Å²) in [7, 11) is 0. The Hall–Kier alpha value is -1.00. The van der Waals surface area contributed by atoms with Gasteiger partial charge in [0.1, 0.15) is 0 Å². The highest BCUT2D eigenvalue weighted by atomic mass is 79.9. The van der Waals surface area contributed by atoms with Gasteiger partial charge < -0.3 is 17.0 Å². The van der Waals surface area contributed by atoms with Crippen LogP contribution >= 0.6 is 11.3 Å². The van der Waals surface area contributed by atoms with Gasteiger partial charge in [-0.15, -0.1) is 0 Å². The summed E-state index contributed by atoms with van der Waals surface area (Å²) in [4.78, 5) is 13.6. The number of ketones is 1. The second-order valence-corrected chi connectivity index (χ2v) is 5.16. The minimum atomic E-state index is 0. The van der Waals surface area contributed by atoms with E-state index in [-0.39, 0.29) is 22.8 Å². The van der Waals surface area contributed by atoms with Crippen molar-refractivity contribution in [3.8, 4) is 0 Å². The molecule has 0 amide bonds. The van der Waals surface area contributed by atoms with Crippen molar-refractivity contribution < 1.29 is 26.3 Å². The van der Waals surface area contributed by atoms with Crippen LogP contribution in [0.1, 0.15) is 34.8 Å². The maximum atomic E-state index is 12.2. The summed E-state index contributed by atoms with van der Waals surface area (Å²) in [6.07, 6.45) is 2.02. The number of hydrogen-bond donors (Lipinski definition) is 0. The third kappa shape index (κ3) is 3.74. The number of aryl methyl sites for hydroxylation is 1. The molecule has 0 bridgehead atoms. The Morgan fingerprint density at radius 3 is 2.42 bits per heavy atom. The maximum absolute atomic E-state index is 12.2. The summed E-state index contributed by atoms with van der Waals surface area (Å²) in [5.74, 6) is 0.177. The van der Waals surface area contributed by atoms with Crippen LogP contribution in [0, 0.1) is 0 Å². The average Bonchev–Trinajstić information content (AvgIpc) is 2.81. The number of halogens is 1. The van der Waals surface area contributed by atoms with Crippen LogP contribution in [0.2, 0.25) is 0 Å². The lowest BCUT2D eigenvalue weighted by Crippen LogP contribution is -3.00. The van der Waals surface area contributed by atoms with E-state index in [9.17, 15) is 4.79 Å². The minimum absolute atomic E-state index is 0. The van der Waals surface area contributed by atoms with E-state index in [2.05, 4.69) is 23.9 Å². The second-order valence-electron chi connectivity index (χ2n) is 4.22. The Balaban J connectivity index is 0.00000180. The summed E-state index contributed by atoms with van der Waals surface area (Å²) < 4.78 is 2.10. The van der Waals surface area contributed by atoms with Crippen molar-refractivity contribution in [3.05, 3.63) is 52.0 Å². The van der Waals surface area contributed by atoms with Crippen LogP contribution in [0.15, 0.2) is 35.8 Å². The van der Waals surface area contributed by atoms with E-state index in [1.165, 1.54) is 10.6 Å². The monoisotopic (exact) mass is 339 g/mol. The molecule has 2 nitrogen and oxygen atoms in total. The average molecular weight is 340 g/mol. The number of Topliss-reactive ketones (excluding diaryl/α,β-unsaturated/α-hetero) is 1. The van der Waals surface area contributed by atoms with Crippen LogP contribution in [-0.4, -0.2) is 5.78 Å². The molecule has 0 fully saturated rings. The van der Waals surface area contributed by atoms with Gasteiger partial charge in [0.15, 0.2) is 5.69 Å². The normalized spacial score (nSPS) is 10.0. The highest BCUT2D eigenvalue weighted by Gasteiger charge is 2.20. The molecule has 0 radical (unpaired) electrons. The van der Waals surface area contributed by atoms with Crippen LogP contribution in [0.3, 0.4) is 0 Å². The van der Waals surface area contributed by atoms with Crippen molar-refractivity contribution >= 4 is 17.1 Å². The number of carbonyl (C=O) groups is 1. The van der Waals surface area contributed by atoms with Gasteiger partial charge in [-0.3, -0.25) is 4.79 Å². The Morgan fingerprint density at radius 1 is 1.16 bits per heavy atom. The van der Waals surface area contributed by atoms with Gasteiger partial charge in [0.25, 0.3) is 0 Å². The van der Waals surface area contributed by atoms with Gasteiger partial charge in [-0.1, -0.05) is 55.5 Å². The number of rotatable bonds is 5. The predicted molar refractivity (Wildman–Crippen MR) is 74.0 cm³/mol. The maximum Gasteiger partial charge on any atom is 0.227 e. The molecule has 0 spiro atoms. The molecule has 19 heavy (non-hydrogen) atoms. The van der Waals surface area contributed by atoms with Crippen LogP contribution in [-0.2, 0) is 19.4 Å². The highest BCUT2D eigenvalue weighted by Crippen LogP contribution is 2.13. The molecule has 0 aliphatic carbocycles. The molecular formula is C15H18BrNOS. The molecule has 2 aromatic rings. The van der Waals surface area contributed by atoms with Gasteiger partial charge in [-0.05, 0) is 6.42 Å². The quantitative estimate of drug-likeness (QED) is 0.557. The van der Waals surface area contributed by atoms with Crippen molar-refractivity contribution in [1.29, 1.82) is 0 Å². The van der Waals surface area contributed by atoms with E-state index in [1.54, 1.807) is 11.3 Å². The Morgan fingerprint density at radius 2 is 1.84 bits per heavy atom. The zero-order valence-electron chi connectivity index (χ0n) is 11.2. The van der Waals surface area contributed by atoms with Crippen LogP contribution < -0.4 is 21.5 Å². The molecular weight excluding hydrogens is 322 g/mol. The Labute approximate surface area is 128 Å². The van der Waals surface area contributed by atoms with Crippen molar-refractivity contribution in [2.45, 2.75) is 33.2 Å². The number of nitrogens with zero attached hydrogens (tertiary/aromatic N) is 1. The summed E-state index contributed by atoms with van der Waals surface area (Å²) in [6, 6.07) is 9.50. The van der Waals surface area contributed by atoms with Gasteiger partial charge in [0, 0.05) is 12.0 Å². The Kier molecular flexibility index (Phi) is 6.38. The third-order valence-electron chi connectivity index (χ3n) is 3.06. The molecule has 0 atom stereocenters.